The second-order valence-corrected chi connectivity index (χ2v) is 5.82. The molecule has 1 heterocycles. The Hall–Kier alpha value is -0.970. The van der Waals surface area contributed by atoms with Crippen LogP contribution in [0.2, 0.25) is 0 Å². The first-order valence-corrected chi connectivity index (χ1v) is 8.10. The van der Waals surface area contributed by atoms with Crippen LogP contribution in [0.5, 0.6) is 0 Å². The van der Waals surface area contributed by atoms with Crippen molar-refractivity contribution in [3.63, 3.8) is 0 Å². The minimum atomic E-state index is -0.329. The van der Waals surface area contributed by atoms with Gasteiger partial charge in [-0.25, -0.2) is 0 Å². The molecule has 5 heteroatoms. The van der Waals surface area contributed by atoms with Gasteiger partial charge >= 0.3 is 0 Å². The number of carbonyl (C=O) groups is 2. The van der Waals surface area contributed by atoms with Gasteiger partial charge in [-0.2, -0.15) is 11.8 Å². The van der Waals surface area contributed by atoms with Gasteiger partial charge in [0.05, 0.1) is 0 Å². The Balaban J connectivity index is 2.66. The van der Waals surface area contributed by atoms with Crippen molar-refractivity contribution in [2.45, 2.75) is 45.2 Å². The minimum absolute atomic E-state index is 0.00530. The highest BCUT2D eigenvalue weighted by Crippen LogP contribution is 2.16. The molecule has 0 saturated carbocycles. The number of piperazine rings is 1. The number of nitrogens with zero attached hydrogens (tertiary/aromatic N) is 1. The molecule has 0 radical (unpaired) electrons. The van der Waals surface area contributed by atoms with E-state index in [0.29, 0.717) is 13.0 Å². The Morgan fingerprint density at radius 2 is 2.16 bits per heavy atom. The molecule has 4 nitrogen and oxygen atoms in total. The molecule has 2 atom stereocenters. The average Bonchev–Trinajstić information content (AvgIpc) is 2.40. The molecular formula is C14H24N2O2S. The summed E-state index contributed by atoms with van der Waals surface area (Å²) in [7, 11) is 0. The third kappa shape index (κ3) is 4.27. The third-order valence-corrected chi connectivity index (χ3v) is 4.20. The predicted octanol–water partition coefficient (Wildman–Crippen LogP) is 1.81. The van der Waals surface area contributed by atoms with Crippen LogP contribution in [0.25, 0.3) is 0 Å². The van der Waals surface area contributed by atoms with Crippen molar-refractivity contribution in [2.24, 2.45) is 0 Å². The maximum Gasteiger partial charge on any atom is 0.245 e. The fourth-order valence-corrected chi connectivity index (χ4v) is 2.97. The van der Waals surface area contributed by atoms with E-state index >= 15 is 0 Å². The van der Waals surface area contributed by atoms with Gasteiger partial charge in [0.2, 0.25) is 11.8 Å². The highest BCUT2D eigenvalue weighted by Gasteiger charge is 2.38. The molecule has 2 amide bonds. The smallest absolute Gasteiger partial charge is 0.245 e. The van der Waals surface area contributed by atoms with Gasteiger partial charge in [-0.1, -0.05) is 26.3 Å². The first kappa shape index (κ1) is 16.1. The summed E-state index contributed by atoms with van der Waals surface area (Å²) in [6.07, 6.45) is 4.14. The molecular weight excluding hydrogens is 260 g/mol. The largest absolute Gasteiger partial charge is 0.343 e. The van der Waals surface area contributed by atoms with Crippen LogP contribution >= 0.6 is 11.8 Å². The van der Waals surface area contributed by atoms with Crippen molar-refractivity contribution in [1.29, 1.82) is 0 Å². The molecule has 1 saturated heterocycles. The summed E-state index contributed by atoms with van der Waals surface area (Å²) in [5.74, 6) is 1.80. The maximum atomic E-state index is 12.4. The average molecular weight is 284 g/mol. The highest BCUT2D eigenvalue weighted by atomic mass is 32.2. The molecule has 0 aliphatic carbocycles. The topological polar surface area (TPSA) is 49.4 Å². The van der Waals surface area contributed by atoms with Crippen LogP contribution in [0, 0.1) is 0 Å². The number of hydrogen-bond acceptors (Lipinski definition) is 3. The van der Waals surface area contributed by atoms with Gasteiger partial charge in [-0.3, -0.25) is 9.59 Å². The van der Waals surface area contributed by atoms with Crippen molar-refractivity contribution in [3.8, 4) is 0 Å². The summed E-state index contributed by atoms with van der Waals surface area (Å²) in [4.78, 5) is 26.2. The zero-order valence-corrected chi connectivity index (χ0v) is 12.7. The number of nitrogens with one attached hydrogen (secondary N) is 1. The molecule has 0 spiro atoms. The first-order valence-electron chi connectivity index (χ1n) is 6.95. The maximum absolute atomic E-state index is 12.4. The predicted molar refractivity (Wildman–Crippen MR) is 80.2 cm³/mol. The zero-order chi connectivity index (χ0) is 14.3. The molecule has 1 aliphatic heterocycles. The fraction of sp³-hybridized carbons (Fsp3) is 0.714. The van der Waals surface area contributed by atoms with Gasteiger partial charge in [0.25, 0.3) is 0 Å². The Kier molecular flexibility index (Phi) is 6.99. The quantitative estimate of drug-likeness (QED) is 0.546. The van der Waals surface area contributed by atoms with Gasteiger partial charge in [-0.15, -0.1) is 6.58 Å². The Bertz CT molecular complexity index is 333. The van der Waals surface area contributed by atoms with Crippen LogP contribution in [0.4, 0.5) is 0 Å². The van der Waals surface area contributed by atoms with Crippen molar-refractivity contribution in [2.75, 3.05) is 18.1 Å². The number of carbonyl (C=O) groups excluding carboxylic acids is 2. The Morgan fingerprint density at radius 1 is 1.42 bits per heavy atom. The fourth-order valence-electron chi connectivity index (χ4n) is 2.31. The van der Waals surface area contributed by atoms with Gasteiger partial charge in [0.15, 0.2) is 0 Å². The van der Waals surface area contributed by atoms with Crippen LogP contribution in [0.1, 0.15) is 33.1 Å². The van der Waals surface area contributed by atoms with E-state index in [-0.39, 0.29) is 23.9 Å². The summed E-state index contributed by atoms with van der Waals surface area (Å²) >= 11 is 1.73. The summed E-state index contributed by atoms with van der Waals surface area (Å²) in [6.45, 7) is 8.29. The highest BCUT2D eigenvalue weighted by molar-refractivity contribution is 7.99. The summed E-state index contributed by atoms with van der Waals surface area (Å²) < 4.78 is 0. The van der Waals surface area contributed by atoms with E-state index in [2.05, 4.69) is 11.9 Å². The van der Waals surface area contributed by atoms with Crippen LogP contribution in [-0.2, 0) is 9.59 Å². The lowest BCUT2D eigenvalue weighted by Gasteiger charge is -2.38. The van der Waals surface area contributed by atoms with Crippen LogP contribution in [0.15, 0.2) is 12.7 Å². The molecule has 0 aromatic heterocycles. The van der Waals surface area contributed by atoms with E-state index in [1.54, 1.807) is 16.7 Å². The van der Waals surface area contributed by atoms with Crippen LogP contribution in [-0.4, -0.2) is 46.8 Å². The molecule has 1 fully saturated rings. The lowest BCUT2D eigenvalue weighted by molar-refractivity contribution is -0.149. The lowest BCUT2D eigenvalue weighted by atomic mass is 10.0. The van der Waals surface area contributed by atoms with E-state index in [1.807, 2.05) is 19.9 Å². The number of thioether (sulfide) groups is 1. The van der Waals surface area contributed by atoms with Gasteiger partial charge < -0.3 is 10.2 Å². The molecule has 0 aromatic rings. The van der Waals surface area contributed by atoms with E-state index in [9.17, 15) is 9.59 Å². The second kappa shape index (κ2) is 8.25. The molecule has 2 unspecified atom stereocenters. The first-order chi connectivity index (χ1) is 9.15. The number of amides is 2. The van der Waals surface area contributed by atoms with Gasteiger partial charge in [-0.05, 0) is 12.8 Å². The lowest BCUT2D eigenvalue weighted by Crippen LogP contribution is -2.63. The van der Waals surface area contributed by atoms with Crippen molar-refractivity contribution in [3.05, 3.63) is 12.7 Å². The number of rotatable bonds is 8. The van der Waals surface area contributed by atoms with E-state index in [0.717, 1.165) is 24.3 Å². The summed E-state index contributed by atoms with van der Waals surface area (Å²) in [6, 6.07) is -0.630. The molecule has 108 valence electrons. The second-order valence-electron chi connectivity index (χ2n) is 4.67. The zero-order valence-electron chi connectivity index (χ0n) is 11.9. The Morgan fingerprint density at radius 3 is 2.74 bits per heavy atom. The minimum Gasteiger partial charge on any atom is -0.343 e. The van der Waals surface area contributed by atoms with Crippen molar-refractivity contribution in [1.82, 2.24) is 10.2 Å². The summed E-state index contributed by atoms with van der Waals surface area (Å²) in [5.41, 5.74) is 0. The molecule has 0 bridgehead atoms. The summed E-state index contributed by atoms with van der Waals surface area (Å²) in [5, 5.41) is 2.85. The third-order valence-electron chi connectivity index (χ3n) is 3.25. The van der Waals surface area contributed by atoms with E-state index in [4.69, 9.17) is 0 Å². The van der Waals surface area contributed by atoms with Crippen LogP contribution < -0.4 is 5.32 Å². The Labute approximate surface area is 120 Å². The number of hydrogen-bond donors (Lipinski definition) is 1. The van der Waals surface area contributed by atoms with Gasteiger partial charge in [0, 0.05) is 18.1 Å². The van der Waals surface area contributed by atoms with E-state index < -0.39 is 0 Å². The molecule has 19 heavy (non-hydrogen) atoms. The SMILES string of the molecule is C=CCSCCN1C(=O)C(CCC)NC(=O)C1CC. The van der Waals surface area contributed by atoms with Crippen molar-refractivity contribution < 1.29 is 9.59 Å². The normalized spacial score (nSPS) is 23.4. The van der Waals surface area contributed by atoms with Crippen molar-refractivity contribution >= 4 is 23.6 Å². The standard InChI is InChI=1S/C14H24N2O2S/c1-4-7-11-14(18)16(8-10-19-9-5-2)12(6-3)13(17)15-11/h5,11-12H,2,4,6-10H2,1,3H3,(H,15,17). The van der Waals surface area contributed by atoms with Crippen LogP contribution in [0.3, 0.4) is 0 Å². The molecule has 1 aliphatic rings. The molecule has 1 N–H and O–H groups in total. The van der Waals surface area contributed by atoms with Gasteiger partial charge in [0.1, 0.15) is 12.1 Å². The molecule has 0 aromatic carbocycles. The monoisotopic (exact) mass is 284 g/mol. The molecule has 1 rings (SSSR count). The van der Waals surface area contributed by atoms with E-state index in [1.165, 1.54) is 0 Å².